The largest absolute Gasteiger partial charge is 0.381 e. The van der Waals surface area contributed by atoms with E-state index < -0.39 is 0 Å². The van der Waals surface area contributed by atoms with Crippen molar-refractivity contribution in [3.8, 4) is 0 Å². The van der Waals surface area contributed by atoms with Crippen molar-refractivity contribution in [1.82, 2.24) is 5.32 Å². The maximum Gasteiger partial charge on any atom is 0.225 e. The van der Waals surface area contributed by atoms with Gasteiger partial charge in [0, 0.05) is 13.2 Å². The third-order valence-corrected chi connectivity index (χ3v) is 3.12. The van der Waals surface area contributed by atoms with E-state index in [0.29, 0.717) is 13.2 Å². The van der Waals surface area contributed by atoms with E-state index in [4.69, 9.17) is 4.74 Å². The van der Waals surface area contributed by atoms with Crippen molar-refractivity contribution < 1.29 is 9.53 Å². The van der Waals surface area contributed by atoms with Crippen LogP contribution in [-0.2, 0) is 16.1 Å². The molecule has 0 saturated carbocycles. The van der Waals surface area contributed by atoms with Gasteiger partial charge in [0.15, 0.2) is 0 Å². The minimum Gasteiger partial charge on any atom is -0.381 e. The number of hydrogen-bond donors (Lipinski definition) is 1. The summed E-state index contributed by atoms with van der Waals surface area (Å²) in [5, 5.41) is 2.97. The molecule has 0 bridgehead atoms. The minimum absolute atomic E-state index is 0.0363. The highest BCUT2D eigenvalue weighted by Gasteiger charge is 2.21. The van der Waals surface area contributed by atoms with E-state index in [9.17, 15) is 4.79 Å². The molecule has 1 aromatic carbocycles. The smallest absolute Gasteiger partial charge is 0.225 e. The molecule has 1 heterocycles. The van der Waals surface area contributed by atoms with Crippen LogP contribution >= 0.6 is 0 Å². The fourth-order valence-electron chi connectivity index (χ4n) is 1.99. The van der Waals surface area contributed by atoms with Crippen LogP contribution in [0.1, 0.15) is 24.0 Å². The lowest BCUT2D eigenvalue weighted by molar-refractivity contribution is -0.129. The van der Waals surface area contributed by atoms with Gasteiger partial charge in [-0.25, -0.2) is 0 Å². The summed E-state index contributed by atoms with van der Waals surface area (Å²) in [5.41, 5.74) is 2.38. The van der Waals surface area contributed by atoms with E-state index in [0.717, 1.165) is 25.0 Å². The Labute approximate surface area is 102 Å². The summed E-state index contributed by atoms with van der Waals surface area (Å²) in [7, 11) is 0. The van der Waals surface area contributed by atoms with Crippen molar-refractivity contribution in [2.75, 3.05) is 13.2 Å². The molecule has 1 fully saturated rings. The molecule has 17 heavy (non-hydrogen) atoms. The van der Waals surface area contributed by atoms with Crippen molar-refractivity contribution in [2.24, 2.45) is 5.92 Å². The molecular formula is C14H19NO2. The molecular weight excluding hydrogens is 214 g/mol. The molecule has 0 aromatic heterocycles. The Bertz CT molecular complexity index is 366. The summed E-state index contributed by atoms with van der Waals surface area (Å²) in [6, 6.07) is 8.22. The molecule has 1 aliphatic rings. The number of ether oxygens (including phenoxy) is 1. The zero-order valence-electron chi connectivity index (χ0n) is 10.2. The van der Waals surface area contributed by atoms with Gasteiger partial charge in [0.05, 0.1) is 12.5 Å². The summed E-state index contributed by atoms with van der Waals surface area (Å²) in [5.74, 6) is 0.152. The van der Waals surface area contributed by atoms with Crippen molar-refractivity contribution >= 4 is 5.91 Å². The van der Waals surface area contributed by atoms with Crippen molar-refractivity contribution in [2.45, 2.75) is 26.3 Å². The fraction of sp³-hybridized carbons (Fsp3) is 0.500. The van der Waals surface area contributed by atoms with Gasteiger partial charge < -0.3 is 10.1 Å². The van der Waals surface area contributed by atoms with Gasteiger partial charge in [-0.1, -0.05) is 29.8 Å². The number of aryl methyl sites for hydroxylation is 1. The molecule has 2 rings (SSSR count). The van der Waals surface area contributed by atoms with E-state index >= 15 is 0 Å². The van der Waals surface area contributed by atoms with Gasteiger partial charge in [-0.2, -0.15) is 0 Å². The minimum atomic E-state index is 0.0363. The fourth-order valence-corrected chi connectivity index (χ4v) is 1.99. The van der Waals surface area contributed by atoms with E-state index in [-0.39, 0.29) is 11.8 Å². The number of carbonyl (C=O) groups excluding carboxylic acids is 1. The Morgan fingerprint density at radius 1 is 1.41 bits per heavy atom. The van der Waals surface area contributed by atoms with Crippen molar-refractivity contribution in [3.63, 3.8) is 0 Å². The zero-order chi connectivity index (χ0) is 12.1. The molecule has 1 N–H and O–H groups in total. The lowest BCUT2D eigenvalue weighted by atomic mass is 10.0. The first-order valence-corrected chi connectivity index (χ1v) is 6.17. The number of rotatable bonds is 3. The summed E-state index contributed by atoms with van der Waals surface area (Å²) in [4.78, 5) is 11.8. The first-order valence-electron chi connectivity index (χ1n) is 6.17. The van der Waals surface area contributed by atoms with Crippen LogP contribution in [0.25, 0.3) is 0 Å². The van der Waals surface area contributed by atoms with Crippen LogP contribution in [0.4, 0.5) is 0 Å². The summed E-state index contributed by atoms with van der Waals surface area (Å²) >= 11 is 0. The monoisotopic (exact) mass is 233 g/mol. The Morgan fingerprint density at radius 3 is 2.82 bits per heavy atom. The quantitative estimate of drug-likeness (QED) is 0.867. The van der Waals surface area contributed by atoms with Gasteiger partial charge in [0.1, 0.15) is 0 Å². The van der Waals surface area contributed by atoms with Crippen molar-refractivity contribution in [1.29, 1.82) is 0 Å². The molecule has 0 radical (unpaired) electrons. The molecule has 92 valence electrons. The lowest BCUT2D eigenvalue weighted by Crippen LogP contribution is -2.35. The maximum absolute atomic E-state index is 11.8. The Morgan fingerprint density at radius 2 is 2.18 bits per heavy atom. The molecule has 1 unspecified atom stereocenters. The van der Waals surface area contributed by atoms with Gasteiger partial charge in [0.2, 0.25) is 5.91 Å². The average Bonchev–Trinajstić information content (AvgIpc) is 2.39. The average molecular weight is 233 g/mol. The molecule has 1 saturated heterocycles. The highest BCUT2D eigenvalue weighted by Crippen LogP contribution is 2.13. The molecule has 1 amide bonds. The second-order valence-electron chi connectivity index (χ2n) is 4.62. The zero-order valence-corrected chi connectivity index (χ0v) is 10.2. The predicted molar refractivity (Wildman–Crippen MR) is 66.6 cm³/mol. The standard InChI is InChI=1S/C14H19NO2/c1-11-4-6-12(7-5-11)9-15-14(16)13-3-2-8-17-10-13/h4-7,13H,2-3,8-10H2,1H3,(H,15,16). The molecule has 1 aliphatic heterocycles. The first kappa shape index (κ1) is 12.1. The molecule has 0 aliphatic carbocycles. The maximum atomic E-state index is 11.8. The number of hydrogen-bond acceptors (Lipinski definition) is 2. The van der Waals surface area contributed by atoms with Gasteiger partial charge in [-0.15, -0.1) is 0 Å². The molecule has 1 aromatic rings. The van der Waals surface area contributed by atoms with E-state index in [1.165, 1.54) is 5.56 Å². The van der Waals surface area contributed by atoms with E-state index in [1.807, 2.05) is 12.1 Å². The third kappa shape index (κ3) is 3.56. The van der Waals surface area contributed by atoms with Crippen LogP contribution in [0.3, 0.4) is 0 Å². The van der Waals surface area contributed by atoms with Gasteiger partial charge in [-0.05, 0) is 25.3 Å². The van der Waals surface area contributed by atoms with Crippen LogP contribution in [0.5, 0.6) is 0 Å². The topological polar surface area (TPSA) is 38.3 Å². The molecule has 0 spiro atoms. The van der Waals surface area contributed by atoms with Crippen LogP contribution in [0, 0.1) is 12.8 Å². The van der Waals surface area contributed by atoms with Gasteiger partial charge >= 0.3 is 0 Å². The first-order chi connectivity index (χ1) is 8.25. The molecule has 3 nitrogen and oxygen atoms in total. The summed E-state index contributed by atoms with van der Waals surface area (Å²) < 4.78 is 5.31. The lowest BCUT2D eigenvalue weighted by Gasteiger charge is -2.21. The van der Waals surface area contributed by atoms with Crippen LogP contribution in [0.2, 0.25) is 0 Å². The van der Waals surface area contributed by atoms with E-state index in [2.05, 4.69) is 24.4 Å². The highest BCUT2D eigenvalue weighted by atomic mass is 16.5. The van der Waals surface area contributed by atoms with Gasteiger partial charge in [0.25, 0.3) is 0 Å². The molecule has 1 atom stereocenters. The third-order valence-electron chi connectivity index (χ3n) is 3.12. The van der Waals surface area contributed by atoms with Crippen LogP contribution in [0.15, 0.2) is 24.3 Å². The van der Waals surface area contributed by atoms with Crippen LogP contribution < -0.4 is 5.32 Å². The van der Waals surface area contributed by atoms with Gasteiger partial charge in [-0.3, -0.25) is 4.79 Å². The highest BCUT2D eigenvalue weighted by molar-refractivity contribution is 5.78. The second-order valence-corrected chi connectivity index (χ2v) is 4.62. The Balaban J connectivity index is 1.81. The second kappa shape index (κ2) is 5.82. The predicted octanol–water partition coefficient (Wildman–Crippen LogP) is 2.04. The number of nitrogens with one attached hydrogen (secondary N) is 1. The summed E-state index contributed by atoms with van der Waals surface area (Å²) in [6.07, 6.45) is 1.93. The number of benzene rings is 1. The Kier molecular flexibility index (Phi) is 4.15. The number of amides is 1. The normalized spacial score (nSPS) is 19.9. The van der Waals surface area contributed by atoms with Crippen molar-refractivity contribution in [3.05, 3.63) is 35.4 Å². The van der Waals surface area contributed by atoms with Crippen LogP contribution in [-0.4, -0.2) is 19.1 Å². The molecule has 3 heteroatoms. The SMILES string of the molecule is Cc1ccc(CNC(=O)C2CCCOC2)cc1. The number of carbonyl (C=O) groups is 1. The summed E-state index contributed by atoms with van der Waals surface area (Å²) in [6.45, 7) is 4.03. The Hall–Kier alpha value is -1.35. The van der Waals surface area contributed by atoms with E-state index in [1.54, 1.807) is 0 Å².